The molecule has 0 radical (unpaired) electrons. The van der Waals surface area contributed by atoms with E-state index in [4.69, 9.17) is 5.11 Å². The van der Waals surface area contributed by atoms with Crippen molar-refractivity contribution in [3.63, 3.8) is 0 Å². The summed E-state index contributed by atoms with van der Waals surface area (Å²) in [6.07, 6.45) is 15.1. The molecule has 0 aromatic rings. The molecule has 0 rings (SSSR count). The number of carbonyl (C=O) groups excluding carboxylic acids is 1. The zero-order chi connectivity index (χ0) is 18.0. The Morgan fingerprint density at radius 1 is 0.880 bits per heavy atom. The van der Waals surface area contributed by atoms with Gasteiger partial charge in [-0.3, -0.25) is 4.79 Å². The van der Waals surface area contributed by atoms with Gasteiger partial charge >= 0.3 is 57.4 Å². The zero-order valence-electron chi connectivity index (χ0n) is 16.4. The van der Waals surface area contributed by atoms with Crippen LogP contribution < -0.4 is 61.8 Å². The van der Waals surface area contributed by atoms with Gasteiger partial charge in [-0.2, -0.15) is 0 Å². The number of carbonyl (C=O) groups is 2. The minimum Gasteiger partial charge on any atom is -0.548 e. The van der Waals surface area contributed by atoms with Crippen LogP contribution in [0.2, 0.25) is 0 Å². The topological polar surface area (TPSA) is 89.5 Å². The van der Waals surface area contributed by atoms with Crippen LogP contribution in [-0.4, -0.2) is 29.6 Å². The third-order valence-corrected chi connectivity index (χ3v) is 4.35. The van der Waals surface area contributed by atoms with Crippen molar-refractivity contribution in [2.45, 2.75) is 103 Å². The quantitative estimate of drug-likeness (QED) is 0.263. The van der Waals surface area contributed by atoms with Crippen LogP contribution >= 0.6 is 0 Å². The SMILES string of the molecule is CCCCCCCCCCCCCCN[C@@H](CCC(=O)O)C(=O)[O-].[K+]. The molecular weight excluding hydrogens is 345 g/mol. The summed E-state index contributed by atoms with van der Waals surface area (Å²) in [5.41, 5.74) is 0. The molecule has 0 fully saturated rings. The number of rotatable bonds is 18. The Kier molecular flexibility index (Phi) is 23.1. The minimum absolute atomic E-state index is 0. The van der Waals surface area contributed by atoms with Crippen LogP contribution in [0.5, 0.6) is 0 Å². The number of hydrogen-bond donors (Lipinski definition) is 2. The summed E-state index contributed by atoms with van der Waals surface area (Å²) in [6.45, 7) is 2.85. The molecule has 0 unspecified atom stereocenters. The Morgan fingerprint density at radius 2 is 1.32 bits per heavy atom. The van der Waals surface area contributed by atoms with Gasteiger partial charge in [0.2, 0.25) is 0 Å². The van der Waals surface area contributed by atoms with E-state index in [0.29, 0.717) is 6.54 Å². The van der Waals surface area contributed by atoms with Crippen LogP contribution in [0, 0.1) is 0 Å². The second-order valence-electron chi connectivity index (χ2n) is 6.65. The van der Waals surface area contributed by atoms with Crippen molar-refractivity contribution in [3.05, 3.63) is 0 Å². The molecule has 5 nitrogen and oxygen atoms in total. The fourth-order valence-corrected chi connectivity index (χ4v) is 2.81. The van der Waals surface area contributed by atoms with Crippen LogP contribution in [0.1, 0.15) is 96.8 Å². The van der Waals surface area contributed by atoms with Crippen molar-refractivity contribution in [1.82, 2.24) is 5.32 Å². The molecule has 0 aliphatic heterocycles. The molecule has 0 saturated heterocycles. The molecule has 0 heterocycles. The van der Waals surface area contributed by atoms with E-state index in [2.05, 4.69) is 12.2 Å². The average molecular weight is 382 g/mol. The van der Waals surface area contributed by atoms with Gasteiger partial charge in [0.25, 0.3) is 0 Å². The van der Waals surface area contributed by atoms with Gasteiger partial charge < -0.3 is 20.3 Å². The molecule has 0 saturated carbocycles. The zero-order valence-corrected chi connectivity index (χ0v) is 19.5. The van der Waals surface area contributed by atoms with Gasteiger partial charge in [-0.05, 0) is 19.4 Å². The van der Waals surface area contributed by atoms with Crippen LogP contribution in [0.25, 0.3) is 0 Å². The summed E-state index contributed by atoms with van der Waals surface area (Å²) < 4.78 is 0. The number of aliphatic carboxylic acids is 2. The van der Waals surface area contributed by atoms with E-state index < -0.39 is 18.0 Å². The maximum atomic E-state index is 10.9. The van der Waals surface area contributed by atoms with Crippen LogP contribution in [-0.2, 0) is 9.59 Å². The van der Waals surface area contributed by atoms with Crippen molar-refractivity contribution in [2.75, 3.05) is 6.54 Å². The number of nitrogens with one attached hydrogen (secondary N) is 1. The number of carboxylic acids is 2. The average Bonchev–Trinajstić information content (AvgIpc) is 2.54. The van der Waals surface area contributed by atoms with Crippen molar-refractivity contribution in [2.24, 2.45) is 0 Å². The fraction of sp³-hybridized carbons (Fsp3) is 0.895. The Morgan fingerprint density at radius 3 is 1.72 bits per heavy atom. The molecule has 0 amide bonds. The standard InChI is InChI=1S/C19H37NO4.K/c1-2-3-4-5-6-7-8-9-10-11-12-13-16-20-17(19(23)24)14-15-18(21)22;/h17,20H,2-16H2,1H3,(H,21,22)(H,23,24);/q;+1/p-1/t17-;/m0./s1. The van der Waals surface area contributed by atoms with Gasteiger partial charge in [0.05, 0.1) is 5.97 Å². The van der Waals surface area contributed by atoms with E-state index in [-0.39, 0.29) is 64.2 Å². The summed E-state index contributed by atoms with van der Waals surface area (Å²) in [5.74, 6) is -2.19. The monoisotopic (exact) mass is 381 g/mol. The van der Waals surface area contributed by atoms with E-state index in [1.54, 1.807) is 0 Å². The molecule has 0 spiro atoms. The molecule has 0 aromatic heterocycles. The third-order valence-electron chi connectivity index (χ3n) is 4.35. The predicted octanol–water partition coefficient (Wildman–Crippen LogP) is 0.264. The smallest absolute Gasteiger partial charge is 0.548 e. The fourth-order valence-electron chi connectivity index (χ4n) is 2.81. The molecule has 6 heteroatoms. The molecule has 0 bridgehead atoms. The number of carboxylic acid groups (broad SMARTS) is 2. The second kappa shape index (κ2) is 20.8. The summed E-state index contributed by atoms with van der Waals surface area (Å²) in [6, 6.07) is -0.853. The largest absolute Gasteiger partial charge is 1.00 e. The van der Waals surface area contributed by atoms with Gasteiger partial charge in [-0.25, -0.2) is 0 Å². The maximum Gasteiger partial charge on any atom is 1.00 e. The van der Waals surface area contributed by atoms with Crippen LogP contribution in [0.3, 0.4) is 0 Å². The van der Waals surface area contributed by atoms with Crippen molar-refractivity contribution >= 4 is 11.9 Å². The van der Waals surface area contributed by atoms with Gasteiger partial charge in [0.15, 0.2) is 0 Å². The number of unbranched alkanes of at least 4 members (excludes halogenated alkanes) is 11. The van der Waals surface area contributed by atoms with Gasteiger partial charge in [0, 0.05) is 12.5 Å². The first-order chi connectivity index (χ1) is 11.6. The normalized spacial score (nSPS) is 11.7. The first-order valence-corrected chi connectivity index (χ1v) is 9.74. The summed E-state index contributed by atoms with van der Waals surface area (Å²) >= 11 is 0. The van der Waals surface area contributed by atoms with E-state index in [9.17, 15) is 14.7 Å². The van der Waals surface area contributed by atoms with E-state index in [1.165, 1.54) is 64.2 Å². The Labute approximate surface area is 196 Å². The Balaban J connectivity index is 0. The molecule has 142 valence electrons. The van der Waals surface area contributed by atoms with Crippen molar-refractivity contribution in [3.8, 4) is 0 Å². The molecular formula is C19H36KNO4. The first kappa shape index (κ1) is 27.8. The third kappa shape index (κ3) is 20.7. The van der Waals surface area contributed by atoms with Gasteiger partial charge in [-0.1, -0.05) is 77.6 Å². The summed E-state index contributed by atoms with van der Waals surface area (Å²) in [4.78, 5) is 21.4. The summed E-state index contributed by atoms with van der Waals surface area (Å²) in [7, 11) is 0. The van der Waals surface area contributed by atoms with Crippen LogP contribution in [0.15, 0.2) is 0 Å². The molecule has 2 N–H and O–H groups in total. The van der Waals surface area contributed by atoms with Crippen molar-refractivity contribution in [1.29, 1.82) is 0 Å². The Bertz CT molecular complexity index is 327. The molecule has 0 aromatic carbocycles. The van der Waals surface area contributed by atoms with E-state index in [0.717, 1.165) is 12.8 Å². The number of hydrogen-bond acceptors (Lipinski definition) is 4. The molecule has 0 aliphatic rings. The van der Waals surface area contributed by atoms with E-state index >= 15 is 0 Å². The Hall–Kier alpha value is 0.536. The van der Waals surface area contributed by atoms with Crippen LogP contribution in [0.4, 0.5) is 0 Å². The molecule has 25 heavy (non-hydrogen) atoms. The minimum atomic E-state index is -1.21. The molecule has 0 aliphatic carbocycles. The van der Waals surface area contributed by atoms with Crippen molar-refractivity contribution < 1.29 is 71.2 Å². The predicted molar refractivity (Wildman–Crippen MR) is 94.7 cm³/mol. The molecule has 1 atom stereocenters. The van der Waals surface area contributed by atoms with Gasteiger partial charge in [-0.15, -0.1) is 0 Å². The van der Waals surface area contributed by atoms with E-state index in [1.807, 2.05) is 0 Å². The second-order valence-corrected chi connectivity index (χ2v) is 6.65. The first-order valence-electron chi connectivity index (χ1n) is 9.74. The summed E-state index contributed by atoms with van der Waals surface area (Å²) in [5, 5.41) is 22.4. The van der Waals surface area contributed by atoms with Gasteiger partial charge in [0.1, 0.15) is 0 Å². The maximum absolute atomic E-state index is 10.9.